The molecule has 2 aromatic carbocycles. The van der Waals surface area contributed by atoms with E-state index >= 15 is 0 Å². The zero-order valence-corrected chi connectivity index (χ0v) is 19.2. The van der Waals surface area contributed by atoms with Crippen LogP contribution in [0.25, 0.3) is 33.3 Å². The van der Waals surface area contributed by atoms with E-state index in [-0.39, 0.29) is 17.7 Å². The fourth-order valence-corrected chi connectivity index (χ4v) is 4.03. The molecule has 0 atom stereocenters. The summed E-state index contributed by atoms with van der Waals surface area (Å²) in [4.78, 5) is 35.4. The number of benzene rings is 2. The molecule has 5 rings (SSSR count). The number of hydrogen-bond donors (Lipinski definition) is 2. The van der Waals surface area contributed by atoms with Gasteiger partial charge < -0.3 is 10.3 Å². The molecule has 5 aromatic rings. The first kappa shape index (κ1) is 23.9. The lowest BCUT2D eigenvalue weighted by Gasteiger charge is -2.13. The number of fused-ring (bicyclic) bond motifs is 1. The number of nitrogens with zero attached hydrogens (tertiary/aromatic N) is 2. The summed E-state index contributed by atoms with van der Waals surface area (Å²) >= 11 is 0. The Morgan fingerprint density at radius 1 is 0.919 bits per heavy atom. The Bertz CT molecular complexity index is 1650. The summed E-state index contributed by atoms with van der Waals surface area (Å²) in [5.74, 6) is -2.05. The van der Waals surface area contributed by atoms with Gasteiger partial charge in [-0.2, -0.15) is 13.2 Å². The maximum absolute atomic E-state index is 12.7. The number of amides is 1. The van der Waals surface area contributed by atoms with Crippen molar-refractivity contribution >= 4 is 22.5 Å². The molecule has 3 aromatic heterocycles. The second-order valence-electron chi connectivity index (χ2n) is 8.31. The van der Waals surface area contributed by atoms with Crippen molar-refractivity contribution in [1.82, 2.24) is 15.0 Å². The van der Waals surface area contributed by atoms with Crippen LogP contribution in [-0.2, 0) is 11.2 Å². The minimum atomic E-state index is -5.00. The Hall–Kier alpha value is -4.79. The van der Waals surface area contributed by atoms with Crippen LogP contribution in [0.5, 0.6) is 0 Å². The second-order valence-corrected chi connectivity index (χ2v) is 8.31. The van der Waals surface area contributed by atoms with Gasteiger partial charge in [0.05, 0.1) is 28.0 Å². The molecular formula is C28H19F3N4O2. The van der Waals surface area contributed by atoms with E-state index in [0.717, 1.165) is 22.3 Å². The van der Waals surface area contributed by atoms with Gasteiger partial charge in [-0.25, -0.2) is 4.98 Å². The molecule has 0 fully saturated rings. The standard InChI is InChI=1S/C28H19F3N4O2/c29-28(30,31)27(37)35-23-7-4-13-32-24(23)15-17-8-10-19(11-9-17)25-20(18-5-2-1-3-6-18)16-21-22(34-25)12-14-33-26(21)36/h1-14,16H,15H2,(H,33,36)(H,35,37). The van der Waals surface area contributed by atoms with Crippen LogP contribution in [0.1, 0.15) is 11.3 Å². The number of aromatic nitrogens is 3. The SMILES string of the molecule is O=C(Nc1cccnc1Cc1ccc(-c2nc3cc[nH]c(=O)c3cc2-c2ccccc2)cc1)C(F)(F)F. The second kappa shape index (κ2) is 9.69. The van der Waals surface area contributed by atoms with Crippen molar-refractivity contribution in [3.63, 3.8) is 0 Å². The molecule has 1 amide bonds. The largest absolute Gasteiger partial charge is 0.471 e. The lowest BCUT2D eigenvalue weighted by Crippen LogP contribution is -2.30. The summed E-state index contributed by atoms with van der Waals surface area (Å²) < 4.78 is 38.1. The Balaban J connectivity index is 1.50. The van der Waals surface area contributed by atoms with Crippen molar-refractivity contribution in [1.29, 1.82) is 0 Å². The summed E-state index contributed by atoms with van der Waals surface area (Å²) in [6.07, 6.45) is -1.78. The van der Waals surface area contributed by atoms with E-state index in [4.69, 9.17) is 4.98 Å². The number of H-pyrrole nitrogens is 1. The molecule has 0 aliphatic heterocycles. The quantitative estimate of drug-likeness (QED) is 0.322. The maximum atomic E-state index is 12.7. The van der Waals surface area contributed by atoms with Gasteiger partial charge in [0.25, 0.3) is 5.56 Å². The van der Waals surface area contributed by atoms with Gasteiger partial charge in [0.15, 0.2) is 0 Å². The number of pyridine rings is 3. The Morgan fingerprint density at radius 3 is 2.41 bits per heavy atom. The summed E-state index contributed by atoms with van der Waals surface area (Å²) in [6.45, 7) is 0. The fourth-order valence-electron chi connectivity index (χ4n) is 4.03. The van der Waals surface area contributed by atoms with Crippen molar-refractivity contribution in [3.05, 3.63) is 113 Å². The molecule has 0 aliphatic carbocycles. The molecule has 37 heavy (non-hydrogen) atoms. The number of aromatic amines is 1. The van der Waals surface area contributed by atoms with Crippen molar-refractivity contribution in [2.45, 2.75) is 12.6 Å². The van der Waals surface area contributed by atoms with Crippen molar-refractivity contribution < 1.29 is 18.0 Å². The number of anilines is 1. The van der Waals surface area contributed by atoms with Crippen LogP contribution >= 0.6 is 0 Å². The van der Waals surface area contributed by atoms with E-state index in [1.165, 1.54) is 18.3 Å². The molecule has 184 valence electrons. The zero-order chi connectivity index (χ0) is 26.0. The average Bonchev–Trinajstić information content (AvgIpc) is 2.90. The smallest absolute Gasteiger partial charge is 0.328 e. The Kier molecular flexibility index (Phi) is 6.27. The molecule has 6 nitrogen and oxygen atoms in total. The van der Waals surface area contributed by atoms with E-state index < -0.39 is 12.1 Å². The molecule has 3 heterocycles. The number of carbonyl (C=O) groups is 1. The van der Waals surface area contributed by atoms with Crippen molar-refractivity contribution in [2.75, 3.05) is 5.32 Å². The summed E-state index contributed by atoms with van der Waals surface area (Å²) in [6, 6.07) is 23.4. The highest BCUT2D eigenvalue weighted by Crippen LogP contribution is 2.33. The Labute approximate surface area is 208 Å². The lowest BCUT2D eigenvalue weighted by atomic mass is 9.96. The number of nitrogens with one attached hydrogen (secondary N) is 2. The molecule has 0 radical (unpaired) electrons. The molecule has 0 bridgehead atoms. The lowest BCUT2D eigenvalue weighted by molar-refractivity contribution is -0.167. The zero-order valence-electron chi connectivity index (χ0n) is 19.2. The van der Waals surface area contributed by atoms with Gasteiger partial charge in [-0.15, -0.1) is 0 Å². The van der Waals surface area contributed by atoms with E-state index in [0.29, 0.717) is 22.3 Å². The average molecular weight is 500 g/mol. The molecule has 0 saturated heterocycles. The summed E-state index contributed by atoms with van der Waals surface area (Å²) in [5, 5.41) is 2.37. The fraction of sp³-hybridized carbons (Fsp3) is 0.0714. The molecular weight excluding hydrogens is 481 g/mol. The van der Waals surface area contributed by atoms with Gasteiger partial charge in [0.2, 0.25) is 0 Å². The summed E-state index contributed by atoms with van der Waals surface area (Å²) in [7, 11) is 0. The van der Waals surface area contributed by atoms with E-state index in [1.54, 1.807) is 12.3 Å². The highest BCUT2D eigenvalue weighted by Gasteiger charge is 2.39. The first-order valence-electron chi connectivity index (χ1n) is 11.3. The normalized spacial score (nSPS) is 11.4. The van der Waals surface area contributed by atoms with Gasteiger partial charge in [-0.1, -0.05) is 54.6 Å². The van der Waals surface area contributed by atoms with Crippen LogP contribution < -0.4 is 10.9 Å². The van der Waals surface area contributed by atoms with Crippen LogP contribution in [0.3, 0.4) is 0 Å². The summed E-state index contributed by atoms with van der Waals surface area (Å²) in [5.41, 5.74) is 4.60. The van der Waals surface area contributed by atoms with Crippen molar-refractivity contribution in [2.24, 2.45) is 0 Å². The Morgan fingerprint density at radius 2 is 1.68 bits per heavy atom. The van der Waals surface area contributed by atoms with Crippen molar-refractivity contribution in [3.8, 4) is 22.4 Å². The third-order valence-corrected chi connectivity index (χ3v) is 5.83. The van der Waals surface area contributed by atoms with E-state index in [1.807, 2.05) is 66.0 Å². The highest BCUT2D eigenvalue weighted by atomic mass is 19.4. The van der Waals surface area contributed by atoms with Crippen LogP contribution in [0, 0.1) is 0 Å². The minimum Gasteiger partial charge on any atom is -0.328 e. The van der Waals surface area contributed by atoms with E-state index in [9.17, 15) is 22.8 Å². The predicted molar refractivity (Wildman–Crippen MR) is 135 cm³/mol. The predicted octanol–water partition coefficient (Wildman–Crippen LogP) is 5.74. The number of alkyl halides is 3. The van der Waals surface area contributed by atoms with E-state index in [2.05, 4.69) is 9.97 Å². The highest BCUT2D eigenvalue weighted by molar-refractivity contribution is 5.95. The van der Waals surface area contributed by atoms with Gasteiger partial charge in [0.1, 0.15) is 0 Å². The molecule has 0 spiro atoms. The number of hydrogen-bond acceptors (Lipinski definition) is 4. The van der Waals surface area contributed by atoms with Gasteiger partial charge in [-0.05, 0) is 35.4 Å². The number of carbonyl (C=O) groups excluding carboxylic acids is 1. The molecule has 9 heteroatoms. The number of rotatable bonds is 5. The topological polar surface area (TPSA) is 87.7 Å². The molecule has 0 aliphatic rings. The molecule has 0 unspecified atom stereocenters. The maximum Gasteiger partial charge on any atom is 0.471 e. The first-order valence-corrected chi connectivity index (χ1v) is 11.3. The molecule has 2 N–H and O–H groups in total. The molecule has 0 saturated carbocycles. The van der Waals surface area contributed by atoms with Gasteiger partial charge in [-0.3, -0.25) is 14.6 Å². The van der Waals surface area contributed by atoms with Gasteiger partial charge >= 0.3 is 12.1 Å². The monoisotopic (exact) mass is 500 g/mol. The third kappa shape index (κ3) is 5.11. The van der Waals surface area contributed by atoms with Crippen LogP contribution in [-0.4, -0.2) is 27.0 Å². The third-order valence-electron chi connectivity index (χ3n) is 5.83. The van der Waals surface area contributed by atoms with Crippen LogP contribution in [0.15, 0.2) is 96.1 Å². The minimum absolute atomic E-state index is 0.00156. The van der Waals surface area contributed by atoms with Crippen LogP contribution in [0.4, 0.5) is 18.9 Å². The van der Waals surface area contributed by atoms with Crippen LogP contribution in [0.2, 0.25) is 0 Å². The first-order chi connectivity index (χ1) is 17.8. The van der Waals surface area contributed by atoms with Gasteiger partial charge in [0, 0.05) is 29.9 Å². The number of halogens is 3.